The zero-order chi connectivity index (χ0) is 12.2. The van der Waals surface area contributed by atoms with Crippen molar-refractivity contribution in [3.8, 4) is 0 Å². The minimum atomic E-state index is -0.870. The summed E-state index contributed by atoms with van der Waals surface area (Å²) in [5.74, 6) is 0. The number of hydrogen-bond donors (Lipinski definition) is 4. The van der Waals surface area contributed by atoms with Gasteiger partial charge in [-0.15, -0.1) is 25.3 Å². The Morgan fingerprint density at radius 3 is 2.31 bits per heavy atom. The molecule has 0 bridgehead atoms. The van der Waals surface area contributed by atoms with Gasteiger partial charge in [0.25, 0.3) is 0 Å². The molecule has 0 heterocycles. The van der Waals surface area contributed by atoms with Gasteiger partial charge in [-0.2, -0.15) is 0 Å². The summed E-state index contributed by atoms with van der Waals surface area (Å²) >= 11 is 7.93. The van der Waals surface area contributed by atoms with E-state index in [-0.39, 0.29) is 10.3 Å². The normalized spacial score (nSPS) is 21.6. The predicted molar refractivity (Wildman–Crippen MR) is 74.8 cm³/mol. The van der Waals surface area contributed by atoms with E-state index in [4.69, 9.17) is 11.5 Å². The van der Waals surface area contributed by atoms with Crippen molar-refractivity contribution in [1.29, 1.82) is 0 Å². The van der Waals surface area contributed by atoms with Crippen molar-refractivity contribution in [2.24, 2.45) is 21.5 Å². The Morgan fingerprint density at radius 1 is 1.38 bits per heavy atom. The van der Waals surface area contributed by atoms with Crippen LogP contribution in [0.2, 0.25) is 0 Å². The lowest BCUT2D eigenvalue weighted by atomic mass is 9.96. The lowest BCUT2D eigenvalue weighted by Crippen LogP contribution is -2.28. The van der Waals surface area contributed by atoms with Gasteiger partial charge in [0.05, 0.1) is 0 Å². The average Bonchev–Trinajstić information content (AvgIpc) is 2.16. The largest absolute Gasteiger partial charge is 0.379 e. The lowest BCUT2D eigenvalue weighted by Gasteiger charge is -2.24. The molecule has 0 amide bonds. The summed E-state index contributed by atoms with van der Waals surface area (Å²) in [6.07, 6.45) is 8.82. The standard InChI is InChI=1S/C10H15N4S2/c1-10(13-8(11)15,14-9(12)16)7-5-3-2-4-6-7/h5-6H,2-3H2,1H3,(H3,11,13,15)(H3,12,14,16). The monoisotopic (exact) mass is 255 g/mol. The van der Waals surface area contributed by atoms with Crippen LogP contribution in [0.1, 0.15) is 19.8 Å². The highest BCUT2D eigenvalue weighted by atomic mass is 32.1. The molecule has 0 atom stereocenters. The van der Waals surface area contributed by atoms with Crippen LogP contribution in [0.4, 0.5) is 0 Å². The first-order valence-corrected chi connectivity index (χ1v) is 5.69. The zero-order valence-corrected chi connectivity index (χ0v) is 10.8. The van der Waals surface area contributed by atoms with Crippen molar-refractivity contribution in [2.45, 2.75) is 25.4 Å². The van der Waals surface area contributed by atoms with Crippen molar-refractivity contribution in [1.82, 2.24) is 0 Å². The molecule has 1 aliphatic rings. The first-order chi connectivity index (χ1) is 7.44. The molecule has 0 aliphatic heterocycles. The van der Waals surface area contributed by atoms with Crippen LogP contribution in [0.3, 0.4) is 0 Å². The first-order valence-electron chi connectivity index (χ1n) is 4.80. The van der Waals surface area contributed by atoms with Gasteiger partial charge in [0.15, 0.2) is 16.0 Å². The maximum absolute atomic E-state index is 5.48. The van der Waals surface area contributed by atoms with Crippen LogP contribution in [0.15, 0.2) is 27.7 Å². The summed E-state index contributed by atoms with van der Waals surface area (Å²) in [6, 6.07) is 0. The number of nitrogens with two attached hydrogens (primary N) is 2. The second-order valence-corrected chi connectivity index (χ2v) is 4.42. The molecule has 0 saturated carbocycles. The van der Waals surface area contributed by atoms with E-state index >= 15 is 0 Å². The number of aliphatic imine (C=N–C) groups is 2. The molecular formula is C10H15N4S2. The molecule has 0 saturated heterocycles. The minimum absolute atomic E-state index is 0.153. The Balaban J connectivity index is 3.14. The van der Waals surface area contributed by atoms with Gasteiger partial charge in [0.2, 0.25) is 0 Å². The van der Waals surface area contributed by atoms with Crippen LogP contribution in [-0.4, -0.2) is 16.0 Å². The van der Waals surface area contributed by atoms with Crippen molar-refractivity contribution >= 4 is 35.6 Å². The van der Waals surface area contributed by atoms with Crippen LogP contribution in [0.5, 0.6) is 0 Å². The number of amidine groups is 2. The quantitative estimate of drug-likeness (QED) is 0.348. The zero-order valence-electron chi connectivity index (χ0n) is 9.01. The molecule has 0 aromatic rings. The second kappa shape index (κ2) is 5.45. The Morgan fingerprint density at radius 2 is 1.94 bits per heavy atom. The summed E-state index contributed by atoms with van der Waals surface area (Å²) < 4.78 is 0. The van der Waals surface area contributed by atoms with Gasteiger partial charge in [0, 0.05) is 0 Å². The smallest absolute Gasteiger partial charge is 0.178 e. The third-order valence-corrected chi connectivity index (χ3v) is 2.32. The Bertz CT molecular complexity index is 356. The number of thiol groups is 2. The number of rotatable bonds is 3. The molecule has 1 rings (SSSR count). The highest BCUT2D eigenvalue weighted by Crippen LogP contribution is 2.28. The molecule has 4 nitrogen and oxygen atoms in total. The molecule has 0 fully saturated rings. The van der Waals surface area contributed by atoms with Gasteiger partial charge in [-0.05, 0) is 31.4 Å². The third-order valence-electron chi connectivity index (χ3n) is 2.12. The molecule has 0 aromatic heterocycles. The lowest BCUT2D eigenvalue weighted by molar-refractivity contribution is 0.593. The molecule has 0 aromatic carbocycles. The second-order valence-electron chi connectivity index (χ2n) is 3.51. The van der Waals surface area contributed by atoms with E-state index in [1.54, 1.807) is 6.92 Å². The number of allylic oxidation sites excluding steroid dienone is 2. The maximum atomic E-state index is 5.48. The van der Waals surface area contributed by atoms with Gasteiger partial charge in [-0.1, -0.05) is 12.2 Å². The summed E-state index contributed by atoms with van der Waals surface area (Å²) in [7, 11) is 0. The Kier molecular flexibility index (Phi) is 4.49. The van der Waals surface area contributed by atoms with Gasteiger partial charge < -0.3 is 11.5 Å². The van der Waals surface area contributed by atoms with Gasteiger partial charge >= 0.3 is 0 Å². The van der Waals surface area contributed by atoms with E-state index in [9.17, 15) is 0 Å². The molecule has 87 valence electrons. The van der Waals surface area contributed by atoms with E-state index < -0.39 is 5.66 Å². The summed E-state index contributed by atoms with van der Waals surface area (Å²) in [6.45, 7) is 1.80. The van der Waals surface area contributed by atoms with Gasteiger partial charge in [0.1, 0.15) is 0 Å². The third kappa shape index (κ3) is 3.61. The molecule has 0 spiro atoms. The Hall–Kier alpha value is -0.880. The van der Waals surface area contributed by atoms with Crippen LogP contribution < -0.4 is 11.5 Å². The maximum Gasteiger partial charge on any atom is 0.178 e. The Labute approximate surface area is 106 Å². The molecule has 0 unspecified atom stereocenters. The molecular weight excluding hydrogens is 240 g/mol. The van der Waals surface area contributed by atoms with Crippen LogP contribution in [0.25, 0.3) is 0 Å². The molecule has 1 aliphatic carbocycles. The van der Waals surface area contributed by atoms with Crippen LogP contribution in [-0.2, 0) is 0 Å². The molecule has 16 heavy (non-hydrogen) atoms. The SMILES string of the molecule is CC(N=C(N)S)(N=C(N)S)C1=CCC[C]=C1. The van der Waals surface area contributed by atoms with Crippen LogP contribution >= 0.6 is 25.3 Å². The molecule has 1 radical (unpaired) electrons. The summed E-state index contributed by atoms with van der Waals surface area (Å²) in [4.78, 5) is 8.35. The van der Waals surface area contributed by atoms with Crippen molar-refractivity contribution in [3.05, 3.63) is 23.8 Å². The number of hydrogen-bond acceptors (Lipinski definition) is 2. The van der Waals surface area contributed by atoms with E-state index in [2.05, 4.69) is 41.3 Å². The fraction of sp³-hybridized carbons (Fsp3) is 0.400. The highest BCUT2D eigenvalue weighted by Gasteiger charge is 2.27. The first kappa shape index (κ1) is 13.2. The van der Waals surface area contributed by atoms with Crippen LogP contribution in [0, 0.1) is 6.08 Å². The average molecular weight is 255 g/mol. The van der Waals surface area contributed by atoms with Crippen molar-refractivity contribution in [2.75, 3.05) is 0 Å². The number of nitrogens with zero attached hydrogens (tertiary/aromatic N) is 2. The van der Waals surface area contributed by atoms with Crippen molar-refractivity contribution < 1.29 is 0 Å². The minimum Gasteiger partial charge on any atom is -0.379 e. The van der Waals surface area contributed by atoms with E-state index in [0.29, 0.717) is 0 Å². The van der Waals surface area contributed by atoms with Crippen molar-refractivity contribution in [3.63, 3.8) is 0 Å². The molecule has 6 heteroatoms. The van der Waals surface area contributed by atoms with E-state index in [0.717, 1.165) is 18.4 Å². The summed E-state index contributed by atoms with van der Waals surface area (Å²) in [5, 5.41) is 0.307. The predicted octanol–water partition coefficient (Wildman–Crippen LogP) is 1.27. The fourth-order valence-corrected chi connectivity index (χ4v) is 1.87. The van der Waals surface area contributed by atoms with E-state index in [1.165, 1.54) is 0 Å². The van der Waals surface area contributed by atoms with E-state index in [1.807, 2.05) is 12.2 Å². The summed E-state index contributed by atoms with van der Waals surface area (Å²) in [5.41, 5.74) is 11.0. The van der Waals surface area contributed by atoms with Gasteiger partial charge in [-0.3, -0.25) is 0 Å². The fourth-order valence-electron chi connectivity index (χ4n) is 1.48. The van der Waals surface area contributed by atoms with Gasteiger partial charge in [-0.25, -0.2) is 9.98 Å². The topological polar surface area (TPSA) is 76.8 Å². The highest BCUT2D eigenvalue weighted by molar-refractivity contribution is 7.97. The molecule has 4 N–H and O–H groups in total.